The lowest BCUT2D eigenvalue weighted by atomic mass is 10.3. The van der Waals surface area contributed by atoms with Gasteiger partial charge in [-0.2, -0.15) is 0 Å². The zero-order chi connectivity index (χ0) is 7.56. The molecule has 0 aromatic rings. The molecule has 0 radical (unpaired) electrons. The third-order valence-corrected chi connectivity index (χ3v) is 1.34. The number of aliphatic carboxylic acids is 1. The van der Waals surface area contributed by atoms with Crippen LogP contribution in [0.3, 0.4) is 0 Å². The van der Waals surface area contributed by atoms with Gasteiger partial charge in [-0.25, -0.2) is 4.79 Å². The van der Waals surface area contributed by atoms with Gasteiger partial charge in [0.25, 0.3) is 0 Å². The lowest BCUT2D eigenvalue weighted by Gasteiger charge is -2.24. The molecule has 4 nitrogen and oxygen atoms in total. The van der Waals surface area contributed by atoms with Crippen LogP contribution >= 0.6 is 0 Å². The van der Waals surface area contributed by atoms with Gasteiger partial charge in [0.05, 0.1) is 19.3 Å². The summed E-state index contributed by atoms with van der Waals surface area (Å²) in [5.41, 5.74) is 0. The Hall–Kier alpha value is -0.610. The van der Waals surface area contributed by atoms with Crippen molar-refractivity contribution in [1.82, 2.24) is 0 Å². The highest BCUT2D eigenvalue weighted by Gasteiger charge is 2.24. The van der Waals surface area contributed by atoms with E-state index in [4.69, 9.17) is 14.6 Å². The molecule has 1 heterocycles. The molecule has 0 amide bonds. The lowest BCUT2D eigenvalue weighted by Crippen LogP contribution is -2.38. The van der Waals surface area contributed by atoms with Gasteiger partial charge in [-0.3, -0.25) is 0 Å². The summed E-state index contributed by atoms with van der Waals surface area (Å²) >= 11 is 0. The molecule has 0 saturated carbocycles. The summed E-state index contributed by atoms with van der Waals surface area (Å²) in [5, 5.41) is 8.42. The van der Waals surface area contributed by atoms with Gasteiger partial charge in [-0.15, -0.1) is 0 Å². The Morgan fingerprint density at radius 2 is 2.20 bits per heavy atom. The molecule has 1 aliphatic rings. The predicted octanol–water partition coefficient (Wildman–Crippen LogP) is -0.125. The highest BCUT2D eigenvalue weighted by Crippen LogP contribution is 2.05. The number of carboxylic acid groups (broad SMARTS) is 1. The van der Waals surface area contributed by atoms with E-state index in [9.17, 15) is 4.79 Å². The van der Waals surface area contributed by atoms with Crippen LogP contribution in [-0.2, 0) is 14.3 Å². The molecule has 1 saturated heterocycles. The Morgan fingerprint density at radius 1 is 1.50 bits per heavy atom. The Kier molecular flexibility index (Phi) is 2.24. The van der Waals surface area contributed by atoms with Gasteiger partial charge in [0, 0.05) is 0 Å². The quantitative estimate of drug-likeness (QED) is 0.560. The van der Waals surface area contributed by atoms with Crippen LogP contribution in [0, 0.1) is 0 Å². The van der Waals surface area contributed by atoms with Crippen molar-refractivity contribution in [3.8, 4) is 0 Å². The highest BCUT2D eigenvalue weighted by atomic mass is 16.6. The van der Waals surface area contributed by atoms with Crippen molar-refractivity contribution in [1.29, 1.82) is 0 Å². The number of hydrogen-bond donors (Lipinski definition) is 1. The third kappa shape index (κ3) is 1.68. The van der Waals surface area contributed by atoms with Crippen LogP contribution in [0.15, 0.2) is 0 Å². The van der Waals surface area contributed by atoms with Gasteiger partial charge in [0.2, 0.25) is 0 Å². The van der Waals surface area contributed by atoms with E-state index in [1.165, 1.54) is 0 Å². The molecular weight excluding hydrogens is 136 g/mol. The van der Waals surface area contributed by atoms with Crippen molar-refractivity contribution >= 4 is 5.97 Å². The summed E-state index contributed by atoms with van der Waals surface area (Å²) < 4.78 is 9.97. The van der Waals surface area contributed by atoms with Crippen molar-refractivity contribution in [3.05, 3.63) is 0 Å². The lowest BCUT2D eigenvalue weighted by molar-refractivity contribution is -0.173. The van der Waals surface area contributed by atoms with Crippen LogP contribution in [0.1, 0.15) is 6.92 Å². The first-order valence-electron chi connectivity index (χ1n) is 3.16. The monoisotopic (exact) mass is 146 g/mol. The maximum atomic E-state index is 10.3. The van der Waals surface area contributed by atoms with Crippen LogP contribution in [0.25, 0.3) is 0 Å². The zero-order valence-electron chi connectivity index (χ0n) is 5.74. The molecule has 10 heavy (non-hydrogen) atoms. The third-order valence-electron chi connectivity index (χ3n) is 1.34. The molecule has 4 heteroatoms. The Balaban J connectivity index is 2.33. The predicted molar refractivity (Wildman–Crippen MR) is 32.8 cm³/mol. The van der Waals surface area contributed by atoms with Crippen molar-refractivity contribution < 1.29 is 19.4 Å². The number of hydrogen-bond acceptors (Lipinski definition) is 3. The van der Waals surface area contributed by atoms with Gasteiger partial charge in [0.15, 0.2) is 6.10 Å². The second-order valence-corrected chi connectivity index (χ2v) is 2.30. The molecule has 0 unspecified atom stereocenters. The highest BCUT2D eigenvalue weighted by molar-refractivity contribution is 5.72. The molecule has 2 atom stereocenters. The molecular formula is C6H10O4. The van der Waals surface area contributed by atoms with Crippen molar-refractivity contribution in [3.63, 3.8) is 0 Å². The standard InChI is InChI=1S/C6H10O4/c1-4-2-10-5(3-9-4)6(7)8/h4-5H,2-3H2,1H3,(H,7,8)/t4-,5-/m1/s1. The molecule has 1 aliphatic heterocycles. The van der Waals surface area contributed by atoms with Gasteiger partial charge in [-0.1, -0.05) is 0 Å². The minimum absolute atomic E-state index is 0.0237. The van der Waals surface area contributed by atoms with E-state index in [0.717, 1.165) is 0 Å². The smallest absolute Gasteiger partial charge is 0.335 e. The first-order chi connectivity index (χ1) is 4.70. The Morgan fingerprint density at radius 3 is 2.60 bits per heavy atom. The van der Waals surface area contributed by atoms with E-state index in [1.807, 2.05) is 6.92 Å². The van der Waals surface area contributed by atoms with E-state index in [-0.39, 0.29) is 12.7 Å². The molecule has 0 aromatic carbocycles. The number of rotatable bonds is 1. The van der Waals surface area contributed by atoms with Gasteiger partial charge in [0.1, 0.15) is 0 Å². The maximum absolute atomic E-state index is 10.3. The molecule has 1 fully saturated rings. The van der Waals surface area contributed by atoms with E-state index < -0.39 is 12.1 Å². The molecule has 1 N–H and O–H groups in total. The summed E-state index contributed by atoms with van der Waals surface area (Å²) in [4.78, 5) is 10.3. The van der Waals surface area contributed by atoms with Crippen LogP contribution < -0.4 is 0 Å². The second kappa shape index (κ2) is 2.98. The SMILES string of the molecule is C[C@@H]1CO[C@@H](C(=O)O)CO1. The minimum Gasteiger partial charge on any atom is -0.479 e. The summed E-state index contributed by atoms with van der Waals surface area (Å²) in [7, 11) is 0. The topological polar surface area (TPSA) is 55.8 Å². The summed E-state index contributed by atoms with van der Waals surface area (Å²) in [6.45, 7) is 2.38. The first kappa shape index (κ1) is 7.50. The van der Waals surface area contributed by atoms with Gasteiger partial charge >= 0.3 is 5.97 Å². The summed E-state index contributed by atoms with van der Waals surface area (Å²) in [6.07, 6.45) is -0.744. The molecule has 0 bridgehead atoms. The largest absolute Gasteiger partial charge is 0.479 e. The fraction of sp³-hybridized carbons (Fsp3) is 0.833. The number of ether oxygens (including phenoxy) is 2. The molecule has 0 spiro atoms. The molecule has 0 aromatic heterocycles. The van der Waals surface area contributed by atoms with Crippen molar-refractivity contribution in [2.24, 2.45) is 0 Å². The van der Waals surface area contributed by atoms with Crippen LogP contribution in [0.5, 0.6) is 0 Å². The Labute approximate surface area is 58.7 Å². The van der Waals surface area contributed by atoms with Crippen LogP contribution in [-0.4, -0.2) is 36.5 Å². The fourth-order valence-corrected chi connectivity index (χ4v) is 0.742. The van der Waals surface area contributed by atoms with Crippen LogP contribution in [0.2, 0.25) is 0 Å². The van der Waals surface area contributed by atoms with Crippen LogP contribution in [0.4, 0.5) is 0 Å². The molecule has 58 valence electrons. The van der Waals surface area contributed by atoms with Crippen molar-refractivity contribution in [2.75, 3.05) is 13.2 Å². The van der Waals surface area contributed by atoms with E-state index >= 15 is 0 Å². The number of carboxylic acids is 1. The average molecular weight is 146 g/mol. The fourth-order valence-electron chi connectivity index (χ4n) is 0.742. The van der Waals surface area contributed by atoms with E-state index in [1.54, 1.807) is 0 Å². The Bertz CT molecular complexity index is 126. The summed E-state index contributed by atoms with van der Waals surface area (Å²) in [5.74, 6) is -0.952. The normalized spacial score (nSPS) is 33.7. The van der Waals surface area contributed by atoms with Gasteiger partial charge < -0.3 is 14.6 Å². The molecule has 1 rings (SSSR count). The zero-order valence-corrected chi connectivity index (χ0v) is 5.74. The molecule has 0 aliphatic carbocycles. The first-order valence-corrected chi connectivity index (χ1v) is 3.16. The second-order valence-electron chi connectivity index (χ2n) is 2.30. The van der Waals surface area contributed by atoms with E-state index in [0.29, 0.717) is 6.61 Å². The minimum atomic E-state index is -0.952. The van der Waals surface area contributed by atoms with Crippen molar-refractivity contribution in [2.45, 2.75) is 19.1 Å². The number of carbonyl (C=O) groups is 1. The summed E-state index contributed by atoms with van der Waals surface area (Å²) in [6, 6.07) is 0. The van der Waals surface area contributed by atoms with E-state index in [2.05, 4.69) is 0 Å². The van der Waals surface area contributed by atoms with Gasteiger partial charge in [-0.05, 0) is 6.92 Å². The average Bonchev–Trinajstić information content (AvgIpc) is 1.88. The maximum Gasteiger partial charge on any atom is 0.335 e.